The average molecular weight is 451 g/mol. The first-order valence-electron chi connectivity index (χ1n) is 10.8. The van der Waals surface area contributed by atoms with E-state index in [1.165, 1.54) is 0 Å². The summed E-state index contributed by atoms with van der Waals surface area (Å²) in [4.78, 5) is 19.0. The Morgan fingerprint density at radius 1 is 1.03 bits per heavy atom. The lowest BCUT2D eigenvalue weighted by molar-refractivity contribution is -0.121. The lowest BCUT2D eigenvalue weighted by Gasteiger charge is -2.29. The lowest BCUT2D eigenvalue weighted by atomic mass is 10.0. The van der Waals surface area contributed by atoms with E-state index >= 15 is 0 Å². The predicted molar refractivity (Wildman–Crippen MR) is 127 cm³/mol. The van der Waals surface area contributed by atoms with Crippen LogP contribution in [0.2, 0.25) is 0 Å². The number of ether oxygens (including phenoxy) is 2. The Morgan fingerprint density at radius 2 is 1.79 bits per heavy atom. The van der Waals surface area contributed by atoms with Gasteiger partial charge in [-0.25, -0.2) is 4.98 Å². The molecule has 4 aromatic rings. The minimum absolute atomic E-state index is 0.0361. The van der Waals surface area contributed by atoms with Crippen molar-refractivity contribution in [2.45, 2.75) is 6.42 Å². The standard InChI is InChI=1S/C27H21N3O4/c1-32-21-8-5-18(6-9-21)22-14-20(25-4-2-13-33-25)15-23(29-22)19-7-10-26-24(16-19)30(12-3-11-28)27(31)17-34-26/h2,4-10,13-16H,3,12,17H2,1H3. The van der Waals surface area contributed by atoms with Crippen molar-refractivity contribution in [1.29, 1.82) is 5.26 Å². The highest BCUT2D eigenvalue weighted by atomic mass is 16.5. The Hall–Kier alpha value is -4.57. The van der Waals surface area contributed by atoms with Crippen molar-refractivity contribution in [3.63, 3.8) is 0 Å². The second-order valence-electron chi connectivity index (χ2n) is 7.76. The molecule has 2 aromatic carbocycles. The van der Waals surface area contributed by atoms with Crippen LogP contribution in [0.5, 0.6) is 11.5 Å². The summed E-state index contributed by atoms with van der Waals surface area (Å²) in [6.07, 6.45) is 1.88. The molecule has 5 rings (SSSR count). The fourth-order valence-electron chi connectivity index (χ4n) is 3.94. The Kier molecular flexibility index (Phi) is 5.71. The van der Waals surface area contributed by atoms with Crippen molar-refractivity contribution >= 4 is 11.6 Å². The number of carbonyl (C=O) groups is 1. The van der Waals surface area contributed by atoms with E-state index in [1.807, 2.05) is 66.7 Å². The fourth-order valence-corrected chi connectivity index (χ4v) is 3.94. The minimum atomic E-state index is -0.170. The van der Waals surface area contributed by atoms with Gasteiger partial charge >= 0.3 is 0 Å². The maximum atomic E-state index is 12.5. The van der Waals surface area contributed by atoms with Gasteiger partial charge in [0.2, 0.25) is 0 Å². The summed E-state index contributed by atoms with van der Waals surface area (Å²) in [6, 6.07) is 23.1. The van der Waals surface area contributed by atoms with E-state index in [4.69, 9.17) is 24.1 Å². The first kappa shape index (κ1) is 21.3. The van der Waals surface area contributed by atoms with E-state index < -0.39 is 0 Å². The molecule has 0 bridgehead atoms. The van der Waals surface area contributed by atoms with Crippen molar-refractivity contribution < 1.29 is 18.7 Å². The molecule has 0 saturated heterocycles. The second kappa shape index (κ2) is 9.12. The van der Waals surface area contributed by atoms with Gasteiger partial charge in [0.15, 0.2) is 6.61 Å². The summed E-state index contributed by atoms with van der Waals surface area (Å²) >= 11 is 0. The van der Waals surface area contributed by atoms with E-state index in [0.29, 0.717) is 18.0 Å². The van der Waals surface area contributed by atoms with E-state index in [0.717, 1.165) is 39.6 Å². The molecule has 0 aliphatic carbocycles. The third-order valence-electron chi connectivity index (χ3n) is 5.66. The Balaban J connectivity index is 1.62. The third-order valence-corrected chi connectivity index (χ3v) is 5.66. The summed E-state index contributed by atoms with van der Waals surface area (Å²) < 4.78 is 16.5. The number of hydrogen-bond donors (Lipinski definition) is 0. The number of amides is 1. The maximum Gasteiger partial charge on any atom is 0.265 e. The normalized spacial score (nSPS) is 12.6. The van der Waals surface area contributed by atoms with Gasteiger partial charge in [-0.1, -0.05) is 0 Å². The zero-order chi connectivity index (χ0) is 23.5. The molecule has 0 atom stereocenters. The molecule has 0 radical (unpaired) electrons. The number of furan rings is 1. The maximum absolute atomic E-state index is 12.5. The van der Waals surface area contributed by atoms with Crippen LogP contribution >= 0.6 is 0 Å². The van der Waals surface area contributed by atoms with Crippen LogP contribution in [0.1, 0.15) is 6.42 Å². The number of methoxy groups -OCH3 is 1. The van der Waals surface area contributed by atoms with Crippen LogP contribution < -0.4 is 14.4 Å². The van der Waals surface area contributed by atoms with Crippen LogP contribution in [0.4, 0.5) is 5.69 Å². The molecule has 1 aliphatic rings. The van der Waals surface area contributed by atoms with Crippen molar-refractivity contribution in [2.24, 2.45) is 0 Å². The molecular formula is C27H21N3O4. The highest BCUT2D eigenvalue weighted by Gasteiger charge is 2.26. The Bertz CT molecular complexity index is 1370. The number of nitrogens with zero attached hydrogens (tertiary/aromatic N) is 3. The monoisotopic (exact) mass is 451 g/mol. The molecule has 0 fully saturated rings. The van der Waals surface area contributed by atoms with Gasteiger partial charge in [0.25, 0.3) is 5.91 Å². The van der Waals surface area contributed by atoms with Crippen LogP contribution in [0.25, 0.3) is 33.8 Å². The highest BCUT2D eigenvalue weighted by Crippen LogP contribution is 2.37. The van der Waals surface area contributed by atoms with Gasteiger partial charge in [0, 0.05) is 23.2 Å². The molecule has 34 heavy (non-hydrogen) atoms. The summed E-state index contributed by atoms with van der Waals surface area (Å²) in [5, 5.41) is 9.01. The van der Waals surface area contributed by atoms with Crippen LogP contribution in [-0.4, -0.2) is 31.2 Å². The molecule has 168 valence electrons. The van der Waals surface area contributed by atoms with Gasteiger partial charge in [-0.2, -0.15) is 5.26 Å². The molecule has 7 heteroatoms. The molecule has 1 amide bonds. The zero-order valence-electron chi connectivity index (χ0n) is 18.5. The fraction of sp³-hybridized carbons (Fsp3) is 0.148. The molecule has 1 aliphatic heterocycles. The van der Waals surface area contributed by atoms with Crippen molar-refractivity contribution in [1.82, 2.24) is 4.98 Å². The molecule has 0 unspecified atom stereocenters. The molecule has 3 heterocycles. The highest BCUT2D eigenvalue weighted by molar-refractivity contribution is 5.98. The molecule has 7 nitrogen and oxygen atoms in total. The number of fused-ring (bicyclic) bond motifs is 1. The number of anilines is 1. The van der Waals surface area contributed by atoms with Crippen LogP contribution in [0.3, 0.4) is 0 Å². The third kappa shape index (κ3) is 4.09. The van der Waals surface area contributed by atoms with Crippen LogP contribution in [0.15, 0.2) is 77.4 Å². The van der Waals surface area contributed by atoms with E-state index in [1.54, 1.807) is 18.3 Å². The summed E-state index contributed by atoms with van der Waals surface area (Å²) in [5.74, 6) is 1.93. The zero-order valence-corrected chi connectivity index (χ0v) is 18.5. The molecule has 2 aromatic heterocycles. The van der Waals surface area contributed by atoms with Crippen molar-refractivity contribution in [3.05, 3.63) is 73.0 Å². The molecule has 0 spiro atoms. The van der Waals surface area contributed by atoms with Gasteiger partial charge in [0.05, 0.1) is 42.9 Å². The Morgan fingerprint density at radius 3 is 2.50 bits per heavy atom. The van der Waals surface area contributed by atoms with Crippen molar-refractivity contribution in [3.8, 4) is 51.4 Å². The molecule has 0 saturated carbocycles. The van der Waals surface area contributed by atoms with Crippen molar-refractivity contribution in [2.75, 3.05) is 25.2 Å². The van der Waals surface area contributed by atoms with Crippen LogP contribution in [0, 0.1) is 11.3 Å². The first-order valence-corrected chi connectivity index (χ1v) is 10.8. The van der Waals surface area contributed by atoms with Gasteiger partial charge in [-0.15, -0.1) is 0 Å². The number of nitriles is 1. The van der Waals surface area contributed by atoms with Gasteiger partial charge in [0.1, 0.15) is 17.3 Å². The Labute approximate surface area is 196 Å². The number of benzene rings is 2. The number of pyridine rings is 1. The average Bonchev–Trinajstić information content (AvgIpc) is 3.43. The van der Waals surface area contributed by atoms with Gasteiger partial charge in [-0.3, -0.25) is 4.79 Å². The minimum Gasteiger partial charge on any atom is -0.497 e. The predicted octanol–water partition coefficient (Wildman–Crippen LogP) is 5.32. The second-order valence-corrected chi connectivity index (χ2v) is 7.76. The number of hydrogen-bond acceptors (Lipinski definition) is 6. The topological polar surface area (TPSA) is 88.6 Å². The van der Waals surface area contributed by atoms with Gasteiger partial charge in [-0.05, 0) is 66.7 Å². The summed E-state index contributed by atoms with van der Waals surface area (Å²) in [6.45, 7) is 0.276. The number of aromatic nitrogens is 1. The van der Waals surface area contributed by atoms with Gasteiger partial charge < -0.3 is 18.8 Å². The van der Waals surface area contributed by atoms with E-state index in [2.05, 4.69) is 6.07 Å². The van der Waals surface area contributed by atoms with Crippen LogP contribution in [-0.2, 0) is 4.79 Å². The number of carbonyl (C=O) groups excluding carboxylic acids is 1. The number of rotatable bonds is 6. The molecular weight excluding hydrogens is 430 g/mol. The largest absolute Gasteiger partial charge is 0.497 e. The summed E-state index contributed by atoms with van der Waals surface area (Å²) in [5.41, 5.74) is 4.77. The lowest BCUT2D eigenvalue weighted by Crippen LogP contribution is -2.39. The quantitative estimate of drug-likeness (QED) is 0.394. The smallest absolute Gasteiger partial charge is 0.265 e. The van der Waals surface area contributed by atoms with E-state index in [-0.39, 0.29) is 18.9 Å². The van der Waals surface area contributed by atoms with E-state index in [9.17, 15) is 4.79 Å². The summed E-state index contributed by atoms with van der Waals surface area (Å²) in [7, 11) is 1.63. The molecule has 0 N–H and O–H groups in total. The SMILES string of the molecule is COc1ccc(-c2cc(-c3ccco3)cc(-c3ccc4c(c3)N(CCC#N)C(=O)CO4)n2)cc1. The first-order chi connectivity index (χ1) is 16.7.